The lowest BCUT2D eigenvalue weighted by Gasteiger charge is -2.19. The summed E-state index contributed by atoms with van der Waals surface area (Å²) in [5.41, 5.74) is 3.91. The van der Waals surface area contributed by atoms with Crippen LogP contribution in [0.2, 0.25) is 0 Å². The van der Waals surface area contributed by atoms with Crippen LogP contribution in [-0.4, -0.2) is 17.1 Å². The zero-order chi connectivity index (χ0) is 15.5. The number of alkyl halides is 3. The van der Waals surface area contributed by atoms with E-state index in [1.54, 1.807) is 0 Å². The minimum absolute atomic E-state index is 0.174. The molecule has 0 bridgehead atoms. The summed E-state index contributed by atoms with van der Waals surface area (Å²) in [6.07, 6.45) is -4.76. The number of amidine groups is 1. The minimum atomic E-state index is -4.59. The molecule has 0 aromatic heterocycles. The summed E-state index contributed by atoms with van der Waals surface area (Å²) < 4.78 is 44.0. The molecule has 0 fully saturated rings. The second-order valence-electron chi connectivity index (χ2n) is 4.76. The van der Waals surface area contributed by atoms with Crippen molar-refractivity contribution < 1.29 is 23.1 Å². The van der Waals surface area contributed by atoms with Gasteiger partial charge >= 0.3 is 6.18 Å². The van der Waals surface area contributed by atoms with E-state index < -0.39 is 23.1 Å². The van der Waals surface area contributed by atoms with E-state index in [2.05, 4.69) is 5.16 Å². The molecule has 0 radical (unpaired) electrons. The molecule has 1 rings (SSSR count). The molecule has 3 N–H and O–H groups in total. The summed E-state index contributed by atoms with van der Waals surface area (Å²) in [6, 6.07) is 3.20. The number of benzene rings is 1. The van der Waals surface area contributed by atoms with Gasteiger partial charge in [-0.15, -0.1) is 0 Å². The van der Waals surface area contributed by atoms with Gasteiger partial charge in [0.2, 0.25) is 0 Å². The highest BCUT2D eigenvalue weighted by Crippen LogP contribution is 2.34. The predicted octanol–water partition coefficient (Wildman–Crippen LogP) is 3.22. The summed E-state index contributed by atoms with van der Waals surface area (Å²) in [7, 11) is 0. The number of hydrogen-bond donors (Lipinski definition) is 2. The third-order valence-electron chi connectivity index (χ3n) is 2.94. The summed E-state index contributed by atoms with van der Waals surface area (Å²) >= 11 is 0. The quantitative estimate of drug-likeness (QED) is 0.387. The van der Waals surface area contributed by atoms with Crippen molar-refractivity contribution in [2.24, 2.45) is 16.8 Å². The van der Waals surface area contributed by atoms with Crippen LogP contribution in [0.5, 0.6) is 5.75 Å². The molecule has 1 aromatic rings. The number of oxime groups is 1. The van der Waals surface area contributed by atoms with E-state index in [1.165, 1.54) is 6.07 Å². The number of hydrogen-bond acceptors (Lipinski definition) is 3. The van der Waals surface area contributed by atoms with Gasteiger partial charge in [-0.3, -0.25) is 0 Å². The molecule has 1 unspecified atom stereocenters. The smallest absolute Gasteiger partial charge is 0.417 e. The Bertz CT molecular complexity index is 499. The average Bonchev–Trinajstić information content (AvgIpc) is 2.36. The maximum absolute atomic E-state index is 12.8. The molecule has 112 valence electrons. The topological polar surface area (TPSA) is 67.8 Å². The fourth-order valence-electron chi connectivity index (χ4n) is 1.46. The van der Waals surface area contributed by atoms with E-state index >= 15 is 0 Å². The summed E-state index contributed by atoms with van der Waals surface area (Å²) in [6.45, 7) is 5.67. The standard InChI is InChI=1S/C13H17F3N2O2/c1-7(2)8(3)20-9-4-5-11(13(14,15)16)10(6-9)12(17)18-19/h4-8,19H,1-3H3,(H2,17,18). The maximum Gasteiger partial charge on any atom is 0.417 e. The highest BCUT2D eigenvalue weighted by Gasteiger charge is 2.34. The Labute approximate surface area is 115 Å². The van der Waals surface area contributed by atoms with Crippen molar-refractivity contribution in [3.8, 4) is 5.75 Å². The molecule has 0 aliphatic carbocycles. The second-order valence-corrected chi connectivity index (χ2v) is 4.76. The fourth-order valence-corrected chi connectivity index (χ4v) is 1.46. The van der Waals surface area contributed by atoms with Gasteiger partial charge in [0.15, 0.2) is 5.84 Å². The van der Waals surface area contributed by atoms with Crippen molar-refractivity contribution in [1.29, 1.82) is 0 Å². The SMILES string of the molecule is CC(C)C(C)Oc1ccc(C(F)(F)F)c(/C(N)=N/O)c1. The molecular formula is C13H17F3N2O2. The Morgan fingerprint density at radius 1 is 1.30 bits per heavy atom. The average molecular weight is 290 g/mol. The Balaban J connectivity index is 3.22. The molecule has 0 saturated carbocycles. The van der Waals surface area contributed by atoms with Crippen LogP contribution in [0.3, 0.4) is 0 Å². The Morgan fingerprint density at radius 2 is 1.90 bits per heavy atom. The first-order valence-electron chi connectivity index (χ1n) is 6.02. The number of ether oxygens (including phenoxy) is 1. The van der Waals surface area contributed by atoms with E-state index in [4.69, 9.17) is 15.7 Å². The van der Waals surface area contributed by atoms with Crippen LogP contribution in [0.1, 0.15) is 31.9 Å². The summed E-state index contributed by atoms with van der Waals surface area (Å²) in [5.74, 6) is -0.176. The molecule has 0 aliphatic rings. The van der Waals surface area contributed by atoms with Gasteiger partial charge < -0.3 is 15.7 Å². The van der Waals surface area contributed by atoms with Gasteiger partial charge in [-0.2, -0.15) is 13.2 Å². The molecule has 0 heterocycles. The van der Waals surface area contributed by atoms with Gasteiger partial charge in [-0.1, -0.05) is 19.0 Å². The Morgan fingerprint density at radius 3 is 2.35 bits per heavy atom. The molecular weight excluding hydrogens is 273 g/mol. The monoisotopic (exact) mass is 290 g/mol. The van der Waals surface area contributed by atoms with Crippen molar-refractivity contribution in [1.82, 2.24) is 0 Å². The van der Waals surface area contributed by atoms with E-state index in [9.17, 15) is 13.2 Å². The second kappa shape index (κ2) is 6.02. The van der Waals surface area contributed by atoms with Gasteiger partial charge in [0.1, 0.15) is 5.75 Å². The minimum Gasteiger partial charge on any atom is -0.490 e. The van der Waals surface area contributed by atoms with Crippen molar-refractivity contribution in [3.63, 3.8) is 0 Å². The van der Waals surface area contributed by atoms with Crippen molar-refractivity contribution >= 4 is 5.84 Å². The van der Waals surface area contributed by atoms with Gasteiger partial charge in [0.25, 0.3) is 0 Å². The Kier molecular flexibility index (Phi) is 4.86. The largest absolute Gasteiger partial charge is 0.490 e. The summed E-state index contributed by atoms with van der Waals surface area (Å²) in [4.78, 5) is 0. The highest BCUT2D eigenvalue weighted by atomic mass is 19.4. The molecule has 0 saturated heterocycles. The molecule has 0 amide bonds. The van der Waals surface area contributed by atoms with E-state index in [0.717, 1.165) is 12.1 Å². The van der Waals surface area contributed by atoms with Crippen LogP contribution in [0.25, 0.3) is 0 Å². The zero-order valence-electron chi connectivity index (χ0n) is 11.4. The lowest BCUT2D eigenvalue weighted by Crippen LogP contribution is -2.22. The fraction of sp³-hybridized carbons (Fsp3) is 0.462. The lowest BCUT2D eigenvalue weighted by atomic mass is 10.1. The van der Waals surface area contributed by atoms with Crippen LogP contribution in [-0.2, 0) is 6.18 Å². The van der Waals surface area contributed by atoms with E-state index in [1.807, 2.05) is 20.8 Å². The number of halogens is 3. The van der Waals surface area contributed by atoms with Crippen molar-refractivity contribution in [2.45, 2.75) is 33.1 Å². The molecule has 0 aliphatic heterocycles. The number of nitrogens with two attached hydrogens (primary N) is 1. The van der Waals surface area contributed by atoms with Crippen molar-refractivity contribution in [3.05, 3.63) is 29.3 Å². The van der Waals surface area contributed by atoms with E-state index in [0.29, 0.717) is 0 Å². The van der Waals surface area contributed by atoms with Crippen LogP contribution in [0.4, 0.5) is 13.2 Å². The molecule has 4 nitrogen and oxygen atoms in total. The molecule has 1 aromatic carbocycles. The zero-order valence-corrected chi connectivity index (χ0v) is 11.4. The van der Waals surface area contributed by atoms with Crippen LogP contribution < -0.4 is 10.5 Å². The molecule has 7 heteroatoms. The van der Waals surface area contributed by atoms with Gasteiger partial charge in [0, 0.05) is 5.56 Å². The highest BCUT2D eigenvalue weighted by molar-refractivity contribution is 5.99. The first-order chi connectivity index (χ1) is 9.16. The molecule has 1 atom stereocenters. The first kappa shape index (κ1) is 16.1. The number of rotatable bonds is 4. The molecule has 0 spiro atoms. The van der Waals surface area contributed by atoms with Gasteiger partial charge in [0.05, 0.1) is 11.7 Å². The first-order valence-corrected chi connectivity index (χ1v) is 6.02. The van der Waals surface area contributed by atoms with Crippen LogP contribution in [0, 0.1) is 5.92 Å². The van der Waals surface area contributed by atoms with Gasteiger partial charge in [-0.25, -0.2) is 0 Å². The third kappa shape index (κ3) is 3.79. The lowest BCUT2D eigenvalue weighted by molar-refractivity contribution is -0.137. The predicted molar refractivity (Wildman–Crippen MR) is 68.9 cm³/mol. The Hall–Kier alpha value is -1.92. The normalized spacial score (nSPS) is 14.4. The third-order valence-corrected chi connectivity index (χ3v) is 2.94. The molecule has 20 heavy (non-hydrogen) atoms. The van der Waals surface area contributed by atoms with Crippen molar-refractivity contribution in [2.75, 3.05) is 0 Å². The van der Waals surface area contributed by atoms with Crippen LogP contribution >= 0.6 is 0 Å². The van der Waals surface area contributed by atoms with Crippen LogP contribution in [0.15, 0.2) is 23.4 Å². The van der Waals surface area contributed by atoms with Gasteiger partial charge in [-0.05, 0) is 31.0 Å². The summed E-state index contributed by atoms with van der Waals surface area (Å²) in [5, 5.41) is 11.2. The van der Waals surface area contributed by atoms with E-state index in [-0.39, 0.29) is 17.8 Å². The maximum atomic E-state index is 12.8. The number of nitrogens with zero attached hydrogens (tertiary/aromatic N) is 1.